The van der Waals surface area contributed by atoms with Gasteiger partial charge in [-0.1, -0.05) is 18.5 Å². The van der Waals surface area contributed by atoms with Crippen LogP contribution in [0.2, 0.25) is 5.02 Å². The Kier molecular flexibility index (Phi) is 14.0. The van der Waals surface area contributed by atoms with Crippen LogP contribution >= 0.6 is 11.6 Å². The van der Waals surface area contributed by atoms with Crippen LogP contribution < -0.4 is 19.5 Å². The number of anilines is 1. The summed E-state index contributed by atoms with van der Waals surface area (Å²) >= 11 is 6.11. The van der Waals surface area contributed by atoms with E-state index in [0.29, 0.717) is 24.2 Å². The predicted octanol–water partition coefficient (Wildman–Crippen LogP) is 3.86. The third-order valence-electron chi connectivity index (χ3n) is 7.95. The Balaban J connectivity index is 0.000000253. The van der Waals surface area contributed by atoms with Gasteiger partial charge in [0.05, 0.1) is 48.2 Å². The normalized spacial score (nSPS) is 13.8. The number of amides is 2. The van der Waals surface area contributed by atoms with E-state index in [2.05, 4.69) is 30.1 Å². The molecular formula is C33H35ClF3N7O11S2. The van der Waals surface area contributed by atoms with E-state index in [-0.39, 0.29) is 52.4 Å². The van der Waals surface area contributed by atoms with Crippen molar-refractivity contribution in [3.05, 3.63) is 57.9 Å². The number of urea groups is 1. The first kappa shape index (κ1) is 44.5. The second kappa shape index (κ2) is 17.9. The molecule has 3 heterocycles. The number of carbonyl (C=O) groups is 4. The summed E-state index contributed by atoms with van der Waals surface area (Å²) in [6.45, 7) is 0.932. The lowest BCUT2D eigenvalue weighted by Gasteiger charge is -2.20. The first-order chi connectivity index (χ1) is 26.6. The van der Waals surface area contributed by atoms with Gasteiger partial charge in [0, 0.05) is 30.2 Å². The van der Waals surface area contributed by atoms with Gasteiger partial charge >= 0.3 is 12.2 Å². The first-order valence-electron chi connectivity index (χ1n) is 16.5. The molecule has 0 unspecified atom stereocenters. The monoisotopic (exact) mass is 861 g/mol. The Morgan fingerprint density at radius 3 is 2.14 bits per heavy atom. The number of alkyl halides is 3. The molecule has 0 spiro atoms. The van der Waals surface area contributed by atoms with Crippen molar-refractivity contribution in [1.29, 1.82) is 0 Å². The molecule has 18 nitrogen and oxygen atoms in total. The number of carbonyl (C=O) groups excluding carboxylic acids is 4. The Morgan fingerprint density at radius 2 is 1.60 bits per heavy atom. The first-order valence-corrected chi connectivity index (χ1v) is 20.3. The van der Waals surface area contributed by atoms with E-state index >= 15 is 0 Å². The van der Waals surface area contributed by atoms with Crippen molar-refractivity contribution in [3.63, 3.8) is 0 Å². The molecule has 0 atom stereocenters. The van der Waals surface area contributed by atoms with Gasteiger partial charge in [-0.25, -0.2) is 22.9 Å². The molecule has 1 fully saturated rings. The highest BCUT2D eigenvalue weighted by Crippen LogP contribution is 2.32. The van der Waals surface area contributed by atoms with Crippen molar-refractivity contribution in [2.75, 3.05) is 32.4 Å². The SMILES string of the molecule is CCc1ccc2nc(C)c(S(=O)(=O)NC(=O)Nc3nc(OC)cc(OC)n3)n2n1.CS(=O)(=O)c1ccc(C(=O)C2C(=O)CCCC2=O)c(Cl)c1COCC(F)(F)F. The smallest absolute Gasteiger partial charge is 0.411 e. The summed E-state index contributed by atoms with van der Waals surface area (Å²) in [5.41, 5.74) is 0.572. The number of nitrogens with zero attached hydrogens (tertiary/aromatic N) is 5. The van der Waals surface area contributed by atoms with E-state index < -0.39 is 78.5 Å². The molecular weight excluding hydrogens is 827 g/mol. The fourth-order valence-corrected chi connectivity index (χ4v) is 7.90. The predicted molar refractivity (Wildman–Crippen MR) is 194 cm³/mol. The average molecular weight is 862 g/mol. The van der Waals surface area contributed by atoms with Crippen LogP contribution in [0.4, 0.5) is 23.9 Å². The highest BCUT2D eigenvalue weighted by Gasteiger charge is 2.38. The summed E-state index contributed by atoms with van der Waals surface area (Å²) < 4.78 is 104. The van der Waals surface area contributed by atoms with Crippen molar-refractivity contribution < 1.29 is 63.4 Å². The number of methoxy groups -OCH3 is 2. The number of rotatable bonds is 12. The largest absolute Gasteiger partial charge is 0.481 e. The maximum absolute atomic E-state index is 12.8. The van der Waals surface area contributed by atoms with Crippen molar-refractivity contribution >= 4 is 66.4 Å². The molecule has 1 saturated carbocycles. The highest BCUT2D eigenvalue weighted by molar-refractivity contribution is 7.90. The van der Waals surface area contributed by atoms with Gasteiger partial charge in [-0.15, -0.1) is 0 Å². The number of ketones is 3. The summed E-state index contributed by atoms with van der Waals surface area (Å²) in [5, 5.41) is 5.81. The third-order valence-corrected chi connectivity index (χ3v) is 11.0. The van der Waals surface area contributed by atoms with E-state index in [9.17, 15) is 49.2 Å². The van der Waals surface area contributed by atoms with E-state index in [4.69, 9.17) is 21.1 Å². The van der Waals surface area contributed by atoms with Crippen LogP contribution in [0.5, 0.6) is 11.8 Å². The van der Waals surface area contributed by atoms with Crippen molar-refractivity contribution in [1.82, 2.24) is 29.3 Å². The zero-order chi connectivity index (χ0) is 42.5. The van der Waals surface area contributed by atoms with E-state index in [1.165, 1.54) is 31.7 Å². The number of sulfonamides is 1. The van der Waals surface area contributed by atoms with Gasteiger partial charge in [0.15, 0.2) is 32.8 Å². The van der Waals surface area contributed by atoms with Crippen LogP contribution in [0.15, 0.2) is 40.3 Å². The number of fused-ring (bicyclic) bond motifs is 1. The lowest BCUT2D eigenvalue weighted by Crippen LogP contribution is -2.36. The van der Waals surface area contributed by atoms with Gasteiger partial charge in [-0.2, -0.15) is 41.2 Å². The fraction of sp³-hybridized carbons (Fsp3) is 0.394. The van der Waals surface area contributed by atoms with E-state index in [0.717, 1.165) is 18.4 Å². The second-order valence-electron chi connectivity index (χ2n) is 12.2. The van der Waals surface area contributed by atoms with Crippen LogP contribution in [0.1, 0.15) is 53.5 Å². The number of ether oxygens (including phenoxy) is 3. The van der Waals surface area contributed by atoms with E-state index in [1.807, 2.05) is 11.6 Å². The lowest BCUT2D eigenvalue weighted by molar-refractivity contribution is -0.176. The lowest BCUT2D eigenvalue weighted by atomic mass is 9.81. The highest BCUT2D eigenvalue weighted by atomic mass is 35.5. The molecule has 24 heteroatoms. The maximum atomic E-state index is 12.8. The van der Waals surface area contributed by atoms with Gasteiger partial charge < -0.3 is 14.2 Å². The molecule has 0 aliphatic heterocycles. The number of Topliss-reactive ketones (excluding diaryl/α,β-unsaturated/α-hetero) is 3. The Labute approximate surface area is 328 Å². The van der Waals surface area contributed by atoms with Crippen molar-refractivity contribution in [2.45, 2.75) is 62.2 Å². The molecule has 57 heavy (non-hydrogen) atoms. The van der Waals surface area contributed by atoms with Gasteiger partial charge in [-0.3, -0.25) is 19.7 Å². The molecule has 308 valence electrons. The number of imidazole rings is 1. The van der Waals surface area contributed by atoms with Gasteiger partial charge in [-0.05, 0) is 44.0 Å². The van der Waals surface area contributed by atoms with Crippen LogP contribution in [0, 0.1) is 12.8 Å². The molecule has 0 saturated heterocycles. The van der Waals surface area contributed by atoms with Gasteiger partial charge in [0.25, 0.3) is 10.0 Å². The fourth-order valence-electron chi connectivity index (χ4n) is 5.42. The zero-order valence-corrected chi connectivity index (χ0v) is 33.2. The van der Waals surface area contributed by atoms with E-state index in [1.54, 1.807) is 12.1 Å². The Bertz CT molecular complexity index is 2410. The minimum Gasteiger partial charge on any atom is -0.481 e. The summed E-state index contributed by atoms with van der Waals surface area (Å²) in [6, 6.07) is 5.79. The average Bonchev–Trinajstić information content (AvgIpc) is 3.46. The minimum atomic E-state index is -4.65. The number of hydrogen-bond donors (Lipinski definition) is 2. The molecule has 5 rings (SSSR count). The summed E-state index contributed by atoms with van der Waals surface area (Å²) in [4.78, 5) is 60.6. The number of benzene rings is 1. The summed E-state index contributed by atoms with van der Waals surface area (Å²) in [5.74, 6) is -3.53. The second-order valence-corrected chi connectivity index (χ2v) is 16.1. The topological polar surface area (TPSA) is 244 Å². The van der Waals surface area contributed by atoms with Gasteiger partial charge in [0.2, 0.25) is 22.7 Å². The minimum absolute atomic E-state index is 0.0444. The number of sulfone groups is 1. The number of aryl methyl sites for hydroxylation is 2. The summed E-state index contributed by atoms with van der Waals surface area (Å²) in [6.07, 6.45) is -2.80. The molecule has 1 aliphatic rings. The molecule has 1 aromatic carbocycles. The zero-order valence-electron chi connectivity index (χ0n) is 30.8. The van der Waals surface area contributed by atoms with Crippen LogP contribution in [0.25, 0.3) is 5.65 Å². The quantitative estimate of drug-likeness (QED) is 0.152. The molecule has 0 bridgehead atoms. The Morgan fingerprint density at radius 1 is 0.982 bits per heavy atom. The number of hydrogen-bond acceptors (Lipinski definition) is 15. The van der Waals surface area contributed by atoms with Crippen LogP contribution in [0.3, 0.4) is 0 Å². The van der Waals surface area contributed by atoms with Crippen LogP contribution in [-0.2, 0) is 47.2 Å². The molecule has 2 N–H and O–H groups in total. The third kappa shape index (κ3) is 11.0. The molecule has 2 amide bonds. The Hall–Kier alpha value is -5.26. The van der Waals surface area contributed by atoms with Crippen molar-refractivity contribution in [2.24, 2.45) is 5.92 Å². The standard InChI is InChI=1S/C17H16ClF3O6S.C16H19N7O5S/c1-28(25,26)13-6-5-9(15(18)10(13)7-27-8-17(19,20)21)16(24)14-11(22)3-2-4-12(14)23;1-5-10-6-7-11-17-9(2)14(23(11)21-10)29(25,26)22-16(24)20-15-18-12(27-3)8-13(19-15)28-4/h5-6,14H,2-4,7-8H2,1H3;6-8H,5H2,1-4H3,(H2,18,19,20,22,24). The number of aromatic nitrogens is 5. The molecule has 4 aromatic rings. The maximum Gasteiger partial charge on any atom is 0.411 e. The van der Waals surface area contributed by atoms with Crippen LogP contribution in [-0.4, -0.2) is 98.0 Å². The number of nitrogens with one attached hydrogen (secondary N) is 2. The summed E-state index contributed by atoms with van der Waals surface area (Å²) in [7, 11) is -5.44. The van der Waals surface area contributed by atoms with Crippen molar-refractivity contribution in [3.8, 4) is 11.8 Å². The molecule has 3 aromatic heterocycles. The number of halogens is 4. The molecule has 1 aliphatic carbocycles. The molecule has 0 radical (unpaired) electrons. The van der Waals surface area contributed by atoms with Gasteiger partial charge in [0.1, 0.15) is 12.5 Å².